The maximum Gasteiger partial charge on any atom is 0.145 e. The highest BCUT2D eigenvalue weighted by atomic mass is 35.5. The number of para-hydroxylation sites is 2. The van der Waals surface area contributed by atoms with Crippen molar-refractivity contribution >= 4 is 33.9 Å². The number of aromatic nitrogens is 1. The molecular weight excluding hydrogens is 284 g/mol. The first kappa shape index (κ1) is 13.7. The van der Waals surface area contributed by atoms with Gasteiger partial charge in [-0.05, 0) is 24.6 Å². The Balaban J connectivity index is 2.18. The summed E-state index contributed by atoms with van der Waals surface area (Å²) in [6.45, 7) is 2.06. The largest absolute Gasteiger partial charge is 0.494 e. The standard InChI is InChI=1S/C17H15ClN2O/c1-11-6-3-4-8-14(11)20-16-12-7-5-9-15(21-2)17(12)19-10-13(16)18/h3-10H,1-2H3,(H,19,20). The van der Waals surface area contributed by atoms with E-state index in [1.807, 2.05) is 36.4 Å². The molecule has 0 spiro atoms. The van der Waals surface area contributed by atoms with Crippen LogP contribution in [0.3, 0.4) is 0 Å². The van der Waals surface area contributed by atoms with E-state index in [2.05, 4.69) is 23.3 Å². The number of pyridine rings is 1. The lowest BCUT2D eigenvalue weighted by Crippen LogP contribution is -1.97. The Kier molecular flexibility index (Phi) is 3.67. The fourth-order valence-corrected chi connectivity index (χ4v) is 2.51. The molecule has 0 saturated heterocycles. The minimum absolute atomic E-state index is 0.582. The first-order valence-corrected chi connectivity index (χ1v) is 7.02. The van der Waals surface area contributed by atoms with E-state index in [9.17, 15) is 0 Å². The van der Waals surface area contributed by atoms with Gasteiger partial charge in [0.25, 0.3) is 0 Å². The number of anilines is 2. The third kappa shape index (κ3) is 2.52. The van der Waals surface area contributed by atoms with Gasteiger partial charge in [-0.3, -0.25) is 4.98 Å². The smallest absolute Gasteiger partial charge is 0.145 e. The summed E-state index contributed by atoms with van der Waals surface area (Å²) >= 11 is 6.34. The van der Waals surface area contributed by atoms with Gasteiger partial charge >= 0.3 is 0 Å². The van der Waals surface area contributed by atoms with Gasteiger partial charge in [0.05, 0.1) is 17.8 Å². The summed E-state index contributed by atoms with van der Waals surface area (Å²) in [4.78, 5) is 4.38. The van der Waals surface area contributed by atoms with Gasteiger partial charge in [0.1, 0.15) is 11.3 Å². The van der Waals surface area contributed by atoms with Crippen molar-refractivity contribution in [3.05, 3.63) is 59.2 Å². The average molecular weight is 299 g/mol. The molecule has 0 aliphatic carbocycles. The van der Waals surface area contributed by atoms with E-state index in [1.165, 1.54) is 0 Å². The molecule has 0 fully saturated rings. The van der Waals surface area contributed by atoms with Crippen molar-refractivity contribution in [2.75, 3.05) is 12.4 Å². The quantitative estimate of drug-likeness (QED) is 0.743. The molecule has 4 heteroatoms. The number of rotatable bonds is 3. The number of ether oxygens (including phenoxy) is 1. The molecule has 0 atom stereocenters. The van der Waals surface area contributed by atoms with Crippen LogP contribution in [-0.2, 0) is 0 Å². The van der Waals surface area contributed by atoms with Gasteiger partial charge in [-0.25, -0.2) is 0 Å². The van der Waals surface area contributed by atoms with E-state index in [0.29, 0.717) is 5.02 Å². The zero-order chi connectivity index (χ0) is 14.8. The summed E-state index contributed by atoms with van der Waals surface area (Å²) in [5.41, 5.74) is 3.81. The molecule has 1 heterocycles. The summed E-state index contributed by atoms with van der Waals surface area (Å²) in [5, 5.41) is 4.92. The molecular formula is C17H15ClN2O. The summed E-state index contributed by atoms with van der Waals surface area (Å²) in [7, 11) is 1.64. The lowest BCUT2D eigenvalue weighted by atomic mass is 10.1. The molecule has 0 bridgehead atoms. The van der Waals surface area contributed by atoms with E-state index in [1.54, 1.807) is 13.3 Å². The van der Waals surface area contributed by atoms with E-state index >= 15 is 0 Å². The summed E-state index contributed by atoms with van der Waals surface area (Å²) in [6, 6.07) is 13.9. The number of halogens is 1. The second-order valence-electron chi connectivity index (χ2n) is 4.78. The number of fused-ring (bicyclic) bond motifs is 1. The maximum atomic E-state index is 6.34. The van der Waals surface area contributed by atoms with Crippen LogP contribution in [0.5, 0.6) is 5.75 Å². The van der Waals surface area contributed by atoms with Gasteiger partial charge in [0.15, 0.2) is 0 Å². The van der Waals surface area contributed by atoms with Gasteiger partial charge in [-0.2, -0.15) is 0 Å². The monoisotopic (exact) mass is 298 g/mol. The van der Waals surface area contributed by atoms with E-state index in [4.69, 9.17) is 16.3 Å². The number of benzene rings is 2. The lowest BCUT2D eigenvalue weighted by Gasteiger charge is -2.14. The third-order valence-electron chi connectivity index (χ3n) is 3.44. The molecule has 3 nitrogen and oxygen atoms in total. The number of hydrogen-bond acceptors (Lipinski definition) is 3. The van der Waals surface area contributed by atoms with E-state index < -0.39 is 0 Å². The predicted molar refractivity (Wildman–Crippen MR) is 87.8 cm³/mol. The van der Waals surface area contributed by atoms with Crippen LogP contribution in [0, 0.1) is 6.92 Å². The Bertz CT molecular complexity index is 802. The molecule has 0 radical (unpaired) electrons. The van der Waals surface area contributed by atoms with Crippen molar-refractivity contribution < 1.29 is 4.74 Å². The van der Waals surface area contributed by atoms with Crippen molar-refractivity contribution in [3.63, 3.8) is 0 Å². The zero-order valence-corrected chi connectivity index (χ0v) is 12.6. The van der Waals surface area contributed by atoms with Crippen LogP contribution in [0.4, 0.5) is 11.4 Å². The molecule has 1 N–H and O–H groups in total. The number of aryl methyl sites for hydroxylation is 1. The first-order chi connectivity index (χ1) is 10.2. The molecule has 0 aliphatic heterocycles. The molecule has 2 aromatic carbocycles. The fourth-order valence-electron chi connectivity index (χ4n) is 2.31. The topological polar surface area (TPSA) is 34.1 Å². The molecule has 21 heavy (non-hydrogen) atoms. The van der Waals surface area contributed by atoms with Gasteiger partial charge in [-0.1, -0.05) is 41.9 Å². The van der Waals surface area contributed by atoms with Crippen LogP contribution in [0.1, 0.15) is 5.56 Å². The lowest BCUT2D eigenvalue weighted by molar-refractivity contribution is 0.419. The van der Waals surface area contributed by atoms with Crippen molar-refractivity contribution in [2.45, 2.75) is 6.92 Å². The van der Waals surface area contributed by atoms with Gasteiger partial charge in [0.2, 0.25) is 0 Å². The predicted octanol–water partition coefficient (Wildman–Crippen LogP) is 4.95. The van der Waals surface area contributed by atoms with Crippen LogP contribution < -0.4 is 10.1 Å². The minimum Gasteiger partial charge on any atom is -0.494 e. The van der Waals surface area contributed by atoms with Crippen LogP contribution in [-0.4, -0.2) is 12.1 Å². The number of nitrogens with zero attached hydrogens (tertiary/aromatic N) is 1. The minimum atomic E-state index is 0.582. The van der Waals surface area contributed by atoms with Gasteiger partial charge in [0, 0.05) is 17.3 Å². The number of methoxy groups -OCH3 is 1. The highest BCUT2D eigenvalue weighted by molar-refractivity contribution is 6.34. The highest BCUT2D eigenvalue weighted by Crippen LogP contribution is 2.36. The molecule has 3 aromatic rings. The normalized spacial score (nSPS) is 10.6. The average Bonchev–Trinajstić information content (AvgIpc) is 2.51. The second kappa shape index (κ2) is 5.62. The summed E-state index contributed by atoms with van der Waals surface area (Å²) < 4.78 is 5.36. The number of nitrogens with one attached hydrogen (secondary N) is 1. The molecule has 106 valence electrons. The van der Waals surface area contributed by atoms with Gasteiger partial charge in [-0.15, -0.1) is 0 Å². The zero-order valence-electron chi connectivity index (χ0n) is 11.9. The van der Waals surface area contributed by atoms with Crippen LogP contribution in [0.15, 0.2) is 48.7 Å². The van der Waals surface area contributed by atoms with Crippen molar-refractivity contribution in [1.29, 1.82) is 0 Å². The maximum absolute atomic E-state index is 6.34. The molecule has 0 aliphatic rings. The number of hydrogen-bond donors (Lipinski definition) is 1. The van der Waals surface area contributed by atoms with Gasteiger partial charge < -0.3 is 10.1 Å². The molecule has 3 rings (SSSR count). The Hall–Kier alpha value is -2.26. The first-order valence-electron chi connectivity index (χ1n) is 6.64. The summed E-state index contributed by atoms with van der Waals surface area (Å²) in [5.74, 6) is 0.733. The fraction of sp³-hybridized carbons (Fsp3) is 0.118. The Morgan fingerprint density at radius 1 is 1.10 bits per heavy atom. The second-order valence-corrected chi connectivity index (χ2v) is 5.18. The van der Waals surface area contributed by atoms with Crippen LogP contribution in [0.2, 0.25) is 5.02 Å². The molecule has 0 saturated carbocycles. The Morgan fingerprint density at radius 2 is 1.90 bits per heavy atom. The van der Waals surface area contributed by atoms with Crippen LogP contribution >= 0.6 is 11.6 Å². The van der Waals surface area contributed by atoms with E-state index in [0.717, 1.165) is 33.6 Å². The van der Waals surface area contributed by atoms with E-state index in [-0.39, 0.29) is 0 Å². The molecule has 0 amide bonds. The molecule has 1 aromatic heterocycles. The SMILES string of the molecule is COc1cccc2c(Nc3ccccc3C)c(Cl)cnc12. The van der Waals surface area contributed by atoms with Crippen molar-refractivity contribution in [2.24, 2.45) is 0 Å². The highest BCUT2D eigenvalue weighted by Gasteiger charge is 2.11. The molecule has 0 unspecified atom stereocenters. The van der Waals surface area contributed by atoms with Crippen molar-refractivity contribution in [3.8, 4) is 5.75 Å². The van der Waals surface area contributed by atoms with Crippen LogP contribution in [0.25, 0.3) is 10.9 Å². The summed E-state index contributed by atoms with van der Waals surface area (Å²) in [6.07, 6.45) is 1.65. The third-order valence-corrected chi connectivity index (χ3v) is 3.73. The Morgan fingerprint density at radius 3 is 2.67 bits per heavy atom. The van der Waals surface area contributed by atoms with Crippen molar-refractivity contribution in [1.82, 2.24) is 4.98 Å². The Labute approximate surface area is 128 Å².